The second-order valence-electron chi connectivity index (χ2n) is 5.75. The summed E-state index contributed by atoms with van der Waals surface area (Å²) in [6.45, 7) is 4.58. The van der Waals surface area contributed by atoms with E-state index in [1.54, 1.807) is 6.07 Å². The normalized spacial score (nSPS) is 26.1. The Morgan fingerprint density at radius 1 is 1.30 bits per heavy atom. The second kappa shape index (κ2) is 6.11. The monoisotopic (exact) mass is 278 g/mol. The van der Waals surface area contributed by atoms with Gasteiger partial charge in [-0.15, -0.1) is 0 Å². The molecule has 1 saturated carbocycles. The molecule has 3 atom stereocenters. The average molecular weight is 278 g/mol. The van der Waals surface area contributed by atoms with Crippen molar-refractivity contribution in [3.8, 4) is 5.75 Å². The fraction of sp³-hybridized carbons (Fsp3) is 0.600. The van der Waals surface area contributed by atoms with E-state index in [1.807, 2.05) is 0 Å². The van der Waals surface area contributed by atoms with Crippen molar-refractivity contribution in [2.75, 3.05) is 12.4 Å². The van der Waals surface area contributed by atoms with Crippen molar-refractivity contribution in [1.82, 2.24) is 0 Å². The third-order valence-electron chi connectivity index (χ3n) is 4.35. The lowest BCUT2D eigenvalue weighted by Crippen LogP contribution is -2.30. The first-order chi connectivity index (χ1) is 9.51. The van der Waals surface area contributed by atoms with Crippen molar-refractivity contribution in [3.05, 3.63) is 28.3 Å². The van der Waals surface area contributed by atoms with Crippen LogP contribution in [-0.4, -0.2) is 18.1 Å². The SMILES string of the molecule is COc1cc([N+](=O)[O-])ccc1NC1CCC(C)C(C)C1. The zero-order valence-corrected chi connectivity index (χ0v) is 12.3. The maximum atomic E-state index is 10.8. The van der Waals surface area contributed by atoms with Crippen LogP contribution in [0.4, 0.5) is 11.4 Å². The summed E-state index contributed by atoms with van der Waals surface area (Å²) < 4.78 is 5.26. The highest BCUT2D eigenvalue weighted by molar-refractivity contribution is 5.61. The lowest BCUT2D eigenvalue weighted by Gasteiger charge is -2.33. The van der Waals surface area contributed by atoms with Crippen LogP contribution in [-0.2, 0) is 0 Å². The summed E-state index contributed by atoms with van der Waals surface area (Å²) in [7, 11) is 1.54. The summed E-state index contributed by atoms with van der Waals surface area (Å²) in [5.41, 5.74) is 0.892. The fourth-order valence-corrected chi connectivity index (χ4v) is 2.81. The zero-order valence-electron chi connectivity index (χ0n) is 12.3. The molecule has 1 aliphatic carbocycles. The van der Waals surface area contributed by atoms with Gasteiger partial charge in [0, 0.05) is 12.1 Å². The summed E-state index contributed by atoms with van der Waals surface area (Å²) in [5, 5.41) is 14.2. The minimum atomic E-state index is -0.406. The number of non-ortho nitro benzene ring substituents is 1. The molecule has 1 fully saturated rings. The van der Waals surface area contributed by atoms with E-state index in [0.29, 0.717) is 17.7 Å². The van der Waals surface area contributed by atoms with Gasteiger partial charge in [0.05, 0.1) is 23.8 Å². The summed E-state index contributed by atoms with van der Waals surface area (Å²) >= 11 is 0. The smallest absolute Gasteiger partial charge is 0.273 e. The molecule has 1 aromatic rings. The highest BCUT2D eigenvalue weighted by Crippen LogP contribution is 2.34. The van der Waals surface area contributed by atoms with Gasteiger partial charge in [0.2, 0.25) is 0 Å². The molecule has 0 aliphatic heterocycles. The number of anilines is 1. The van der Waals surface area contributed by atoms with Crippen LogP contribution in [0.1, 0.15) is 33.1 Å². The van der Waals surface area contributed by atoms with Crippen molar-refractivity contribution in [2.45, 2.75) is 39.2 Å². The van der Waals surface area contributed by atoms with Gasteiger partial charge in [0.1, 0.15) is 5.75 Å². The Morgan fingerprint density at radius 2 is 2.05 bits per heavy atom. The number of nitrogens with zero attached hydrogens (tertiary/aromatic N) is 1. The Bertz CT molecular complexity index is 490. The number of rotatable bonds is 4. The van der Waals surface area contributed by atoms with Gasteiger partial charge >= 0.3 is 0 Å². The van der Waals surface area contributed by atoms with E-state index >= 15 is 0 Å². The number of hydrogen-bond donors (Lipinski definition) is 1. The number of benzene rings is 1. The first-order valence-electron chi connectivity index (χ1n) is 7.10. The van der Waals surface area contributed by atoms with Crippen LogP contribution in [0, 0.1) is 22.0 Å². The number of nitrogens with one attached hydrogen (secondary N) is 1. The van der Waals surface area contributed by atoms with Crippen LogP contribution in [0.15, 0.2) is 18.2 Å². The molecule has 0 spiro atoms. The molecule has 5 nitrogen and oxygen atoms in total. The van der Waals surface area contributed by atoms with Gasteiger partial charge in [0.25, 0.3) is 5.69 Å². The standard InChI is InChI=1S/C15H22N2O3/c1-10-4-5-12(8-11(10)2)16-14-7-6-13(17(18)19)9-15(14)20-3/h6-7,9-12,16H,4-5,8H2,1-3H3. The highest BCUT2D eigenvalue weighted by Gasteiger charge is 2.25. The minimum absolute atomic E-state index is 0.0537. The van der Waals surface area contributed by atoms with Gasteiger partial charge in [-0.2, -0.15) is 0 Å². The van der Waals surface area contributed by atoms with Gasteiger partial charge in [-0.25, -0.2) is 0 Å². The van der Waals surface area contributed by atoms with E-state index < -0.39 is 4.92 Å². The molecule has 1 aliphatic rings. The van der Waals surface area contributed by atoms with Crippen LogP contribution in [0.25, 0.3) is 0 Å². The van der Waals surface area contributed by atoms with E-state index in [9.17, 15) is 10.1 Å². The molecule has 0 bridgehead atoms. The second-order valence-corrected chi connectivity index (χ2v) is 5.75. The topological polar surface area (TPSA) is 64.4 Å². The quantitative estimate of drug-likeness (QED) is 0.671. The van der Waals surface area contributed by atoms with Gasteiger partial charge < -0.3 is 10.1 Å². The molecule has 3 unspecified atom stereocenters. The Kier molecular flexibility index (Phi) is 4.47. The molecule has 1 N–H and O–H groups in total. The predicted octanol–water partition coefficient (Wildman–Crippen LogP) is 3.84. The molecule has 0 radical (unpaired) electrons. The maximum absolute atomic E-state index is 10.8. The third kappa shape index (κ3) is 3.21. The Morgan fingerprint density at radius 3 is 2.65 bits per heavy atom. The molecule has 20 heavy (non-hydrogen) atoms. The van der Waals surface area contributed by atoms with E-state index in [-0.39, 0.29) is 5.69 Å². The van der Waals surface area contributed by atoms with Crippen molar-refractivity contribution in [1.29, 1.82) is 0 Å². The van der Waals surface area contributed by atoms with E-state index in [0.717, 1.165) is 24.4 Å². The van der Waals surface area contributed by atoms with Crippen molar-refractivity contribution in [2.24, 2.45) is 11.8 Å². The van der Waals surface area contributed by atoms with Gasteiger partial charge in [0.15, 0.2) is 0 Å². The zero-order chi connectivity index (χ0) is 14.7. The molecule has 0 amide bonds. The van der Waals surface area contributed by atoms with E-state index in [1.165, 1.54) is 25.7 Å². The van der Waals surface area contributed by atoms with Gasteiger partial charge in [-0.1, -0.05) is 13.8 Å². The predicted molar refractivity (Wildman–Crippen MR) is 79.2 cm³/mol. The first kappa shape index (κ1) is 14.6. The number of nitro groups is 1. The van der Waals surface area contributed by atoms with Crippen molar-refractivity contribution in [3.63, 3.8) is 0 Å². The van der Waals surface area contributed by atoms with Gasteiger partial charge in [-0.3, -0.25) is 10.1 Å². The van der Waals surface area contributed by atoms with Crippen LogP contribution >= 0.6 is 0 Å². The van der Waals surface area contributed by atoms with Crippen LogP contribution in [0.5, 0.6) is 5.75 Å². The number of hydrogen-bond acceptors (Lipinski definition) is 4. The Labute approximate surface area is 119 Å². The summed E-state index contributed by atoms with van der Waals surface area (Å²) in [5.74, 6) is 2.00. The van der Waals surface area contributed by atoms with E-state index in [4.69, 9.17) is 4.74 Å². The molecule has 1 aromatic carbocycles. The minimum Gasteiger partial charge on any atom is -0.494 e. The lowest BCUT2D eigenvalue weighted by atomic mass is 9.79. The molecule has 2 rings (SSSR count). The lowest BCUT2D eigenvalue weighted by molar-refractivity contribution is -0.384. The molecular formula is C15H22N2O3. The summed E-state index contributed by atoms with van der Waals surface area (Å²) in [4.78, 5) is 10.4. The van der Waals surface area contributed by atoms with Crippen molar-refractivity contribution >= 4 is 11.4 Å². The third-order valence-corrected chi connectivity index (χ3v) is 4.35. The average Bonchev–Trinajstić information content (AvgIpc) is 2.43. The number of ether oxygens (including phenoxy) is 1. The van der Waals surface area contributed by atoms with Gasteiger partial charge in [-0.05, 0) is 37.2 Å². The summed E-state index contributed by atoms with van der Waals surface area (Å²) in [6.07, 6.45) is 3.47. The van der Waals surface area contributed by atoms with E-state index in [2.05, 4.69) is 19.2 Å². The van der Waals surface area contributed by atoms with Crippen molar-refractivity contribution < 1.29 is 9.66 Å². The Balaban J connectivity index is 2.11. The molecule has 5 heteroatoms. The summed E-state index contributed by atoms with van der Waals surface area (Å²) in [6, 6.07) is 5.13. The van der Waals surface area contributed by atoms with Crippen LogP contribution in [0.2, 0.25) is 0 Å². The maximum Gasteiger partial charge on any atom is 0.273 e. The highest BCUT2D eigenvalue weighted by atomic mass is 16.6. The number of nitro benzene ring substituents is 1. The molecule has 110 valence electrons. The molecule has 0 aromatic heterocycles. The van der Waals surface area contributed by atoms with Crippen LogP contribution < -0.4 is 10.1 Å². The molecule has 0 saturated heterocycles. The largest absolute Gasteiger partial charge is 0.494 e. The number of methoxy groups -OCH3 is 1. The Hall–Kier alpha value is -1.78. The molecular weight excluding hydrogens is 256 g/mol. The fourth-order valence-electron chi connectivity index (χ4n) is 2.81. The molecule has 0 heterocycles. The van der Waals surface area contributed by atoms with Crippen LogP contribution in [0.3, 0.4) is 0 Å². The first-order valence-corrected chi connectivity index (χ1v) is 7.10.